The summed E-state index contributed by atoms with van der Waals surface area (Å²) in [6.07, 6.45) is 0.620. The number of hydrogen-bond acceptors (Lipinski definition) is 4. The van der Waals surface area contributed by atoms with Gasteiger partial charge in [0.15, 0.2) is 15.8 Å². The van der Waals surface area contributed by atoms with Crippen molar-refractivity contribution >= 4 is 50.8 Å². The molecule has 0 spiro atoms. The molecule has 0 radical (unpaired) electrons. The van der Waals surface area contributed by atoms with E-state index in [-0.39, 0.29) is 41.5 Å². The Morgan fingerprint density at radius 2 is 2.17 bits per heavy atom. The van der Waals surface area contributed by atoms with Crippen LogP contribution in [0.4, 0.5) is 0 Å². The first-order chi connectivity index (χ1) is 11.0. The van der Waals surface area contributed by atoms with E-state index in [4.69, 9.17) is 0 Å². The predicted octanol–water partition coefficient (Wildman–Crippen LogP) is 1.04. The number of nitrogens with one attached hydrogen (secondary N) is 2. The Kier molecular flexibility index (Phi) is 6.07. The summed E-state index contributed by atoms with van der Waals surface area (Å²) in [7, 11) is 0.750. The van der Waals surface area contributed by atoms with Crippen LogP contribution in [0.15, 0.2) is 29.3 Å². The van der Waals surface area contributed by atoms with Crippen molar-refractivity contribution in [3.8, 4) is 0 Å². The van der Waals surface area contributed by atoms with Crippen molar-refractivity contribution < 1.29 is 8.42 Å². The van der Waals surface area contributed by atoms with E-state index in [0.717, 1.165) is 16.9 Å². The summed E-state index contributed by atoms with van der Waals surface area (Å²) in [4.78, 5) is 8.76. The lowest BCUT2D eigenvalue weighted by atomic mass is 10.3. The number of sulfone groups is 1. The molecule has 24 heavy (non-hydrogen) atoms. The van der Waals surface area contributed by atoms with Gasteiger partial charge in [0.25, 0.3) is 0 Å². The van der Waals surface area contributed by atoms with Crippen LogP contribution in [0.25, 0.3) is 11.0 Å². The Balaban J connectivity index is 0.00000208. The maximum atomic E-state index is 11.5. The van der Waals surface area contributed by atoms with Gasteiger partial charge in [0.2, 0.25) is 0 Å². The second kappa shape index (κ2) is 7.68. The summed E-state index contributed by atoms with van der Waals surface area (Å²) < 4.78 is 25.1. The van der Waals surface area contributed by atoms with E-state index in [9.17, 15) is 8.42 Å². The minimum absolute atomic E-state index is 0. The zero-order valence-corrected chi connectivity index (χ0v) is 16.8. The normalized spacial score (nSPS) is 19.9. The minimum Gasteiger partial charge on any atom is -0.353 e. The number of aryl methyl sites for hydroxylation is 1. The highest BCUT2D eigenvalue weighted by Gasteiger charge is 2.28. The molecule has 132 valence electrons. The third-order valence-corrected chi connectivity index (χ3v) is 5.86. The lowest BCUT2D eigenvalue weighted by Crippen LogP contribution is -2.43. The molecule has 0 bridgehead atoms. The monoisotopic (exact) mass is 463 g/mol. The molecule has 1 aromatic heterocycles. The van der Waals surface area contributed by atoms with Crippen LogP contribution in [0.3, 0.4) is 0 Å². The molecule has 1 aliphatic rings. The first kappa shape index (κ1) is 19.0. The van der Waals surface area contributed by atoms with Gasteiger partial charge in [0.1, 0.15) is 5.82 Å². The van der Waals surface area contributed by atoms with E-state index in [1.807, 2.05) is 35.9 Å². The van der Waals surface area contributed by atoms with Gasteiger partial charge in [-0.05, 0) is 18.6 Å². The number of guanidine groups is 1. The Morgan fingerprint density at radius 3 is 2.79 bits per heavy atom. The summed E-state index contributed by atoms with van der Waals surface area (Å²) >= 11 is 0. The molecule has 3 rings (SSSR count). The van der Waals surface area contributed by atoms with E-state index in [1.165, 1.54) is 0 Å². The van der Waals surface area contributed by atoms with Gasteiger partial charge in [-0.15, -0.1) is 24.0 Å². The molecule has 1 unspecified atom stereocenters. The number of aliphatic imine (C=N–C) groups is 1. The molecule has 0 aliphatic carbocycles. The van der Waals surface area contributed by atoms with Crippen LogP contribution in [0.5, 0.6) is 0 Å². The molecule has 1 aliphatic heterocycles. The van der Waals surface area contributed by atoms with E-state index in [0.29, 0.717) is 18.9 Å². The molecule has 0 saturated carbocycles. The predicted molar refractivity (Wildman–Crippen MR) is 107 cm³/mol. The molecule has 9 heteroatoms. The van der Waals surface area contributed by atoms with Crippen molar-refractivity contribution in [3.63, 3.8) is 0 Å². The Labute approximate surface area is 158 Å². The van der Waals surface area contributed by atoms with Crippen LogP contribution in [0, 0.1) is 0 Å². The smallest absolute Gasteiger partial charge is 0.191 e. The molecular formula is C15H22IN5O2S. The Morgan fingerprint density at radius 1 is 1.42 bits per heavy atom. The van der Waals surface area contributed by atoms with Crippen molar-refractivity contribution in [3.05, 3.63) is 30.1 Å². The zero-order chi connectivity index (χ0) is 16.4. The van der Waals surface area contributed by atoms with Crippen molar-refractivity contribution in [1.82, 2.24) is 20.2 Å². The van der Waals surface area contributed by atoms with Gasteiger partial charge in [-0.25, -0.2) is 13.4 Å². The molecule has 0 amide bonds. The third-order valence-electron chi connectivity index (χ3n) is 4.09. The average molecular weight is 463 g/mol. The van der Waals surface area contributed by atoms with Gasteiger partial charge in [0, 0.05) is 20.1 Å². The summed E-state index contributed by atoms with van der Waals surface area (Å²) in [5.41, 5.74) is 2.03. The molecule has 1 atom stereocenters. The van der Waals surface area contributed by atoms with Crippen LogP contribution < -0.4 is 10.6 Å². The fourth-order valence-electron chi connectivity index (χ4n) is 2.81. The quantitative estimate of drug-likeness (QED) is 0.404. The number of halogens is 1. The van der Waals surface area contributed by atoms with E-state index < -0.39 is 9.84 Å². The zero-order valence-electron chi connectivity index (χ0n) is 13.7. The number of nitrogens with zero attached hydrogens (tertiary/aromatic N) is 3. The lowest BCUT2D eigenvalue weighted by Gasteiger charge is -2.15. The van der Waals surface area contributed by atoms with Crippen LogP contribution >= 0.6 is 24.0 Å². The number of fused-ring (bicyclic) bond motifs is 1. The number of para-hydroxylation sites is 2. The highest BCUT2D eigenvalue weighted by atomic mass is 127. The van der Waals surface area contributed by atoms with Crippen molar-refractivity contribution in [2.45, 2.75) is 19.0 Å². The molecule has 2 heterocycles. The number of hydrogen-bond donors (Lipinski definition) is 2. The highest BCUT2D eigenvalue weighted by Crippen LogP contribution is 2.14. The van der Waals surface area contributed by atoms with Gasteiger partial charge in [-0.1, -0.05) is 12.1 Å². The average Bonchev–Trinajstić information content (AvgIpc) is 3.04. The standard InChI is InChI=1S/C15H21N5O2S.HI/c1-16-15(18-11-7-8-23(21,22)10-11)17-9-14-19-12-5-3-4-6-13(12)20(14)2;/h3-6,11H,7-10H2,1-2H3,(H2,16,17,18);1H. The second-order valence-corrected chi connectivity index (χ2v) is 7.97. The molecule has 1 aromatic carbocycles. The minimum atomic E-state index is -2.90. The largest absolute Gasteiger partial charge is 0.353 e. The fraction of sp³-hybridized carbons (Fsp3) is 0.467. The van der Waals surface area contributed by atoms with E-state index in [1.54, 1.807) is 7.05 Å². The van der Waals surface area contributed by atoms with Crippen LogP contribution in [0.2, 0.25) is 0 Å². The molecular weight excluding hydrogens is 441 g/mol. The van der Waals surface area contributed by atoms with Crippen molar-refractivity contribution in [2.24, 2.45) is 12.0 Å². The molecule has 2 aromatic rings. The van der Waals surface area contributed by atoms with Gasteiger partial charge in [0.05, 0.1) is 29.1 Å². The first-order valence-corrected chi connectivity index (χ1v) is 9.38. The SMILES string of the molecule is CN=C(NCc1nc2ccccc2n1C)NC1CCS(=O)(=O)C1.I. The number of imidazole rings is 1. The summed E-state index contributed by atoms with van der Waals surface area (Å²) in [5.74, 6) is 1.90. The third kappa shape index (κ3) is 4.18. The van der Waals surface area contributed by atoms with Gasteiger partial charge in [-0.3, -0.25) is 4.99 Å². The number of rotatable bonds is 3. The van der Waals surface area contributed by atoms with E-state index in [2.05, 4.69) is 20.6 Å². The number of aromatic nitrogens is 2. The van der Waals surface area contributed by atoms with E-state index >= 15 is 0 Å². The first-order valence-electron chi connectivity index (χ1n) is 7.56. The van der Waals surface area contributed by atoms with Gasteiger partial charge in [-0.2, -0.15) is 0 Å². The Hall–Kier alpha value is -1.36. The second-order valence-electron chi connectivity index (χ2n) is 5.75. The summed E-state index contributed by atoms with van der Waals surface area (Å²) in [5, 5.41) is 6.37. The molecule has 1 saturated heterocycles. The van der Waals surface area contributed by atoms with Crippen LogP contribution in [-0.2, 0) is 23.4 Å². The lowest BCUT2D eigenvalue weighted by molar-refractivity contribution is 0.599. The Bertz CT molecular complexity index is 847. The molecule has 2 N–H and O–H groups in total. The molecule has 7 nitrogen and oxygen atoms in total. The topological polar surface area (TPSA) is 88.4 Å². The van der Waals surface area contributed by atoms with Gasteiger partial charge >= 0.3 is 0 Å². The van der Waals surface area contributed by atoms with Crippen molar-refractivity contribution in [1.29, 1.82) is 0 Å². The maximum absolute atomic E-state index is 11.5. The fourth-order valence-corrected chi connectivity index (χ4v) is 4.49. The van der Waals surface area contributed by atoms with Crippen molar-refractivity contribution in [2.75, 3.05) is 18.6 Å². The maximum Gasteiger partial charge on any atom is 0.191 e. The van der Waals surface area contributed by atoms with Crippen LogP contribution in [0.1, 0.15) is 12.2 Å². The van der Waals surface area contributed by atoms with Crippen LogP contribution in [-0.4, -0.2) is 48.5 Å². The summed E-state index contributed by atoms with van der Waals surface area (Å²) in [6.45, 7) is 0.518. The van der Waals surface area contributed by atoms with Gasteiger partial charge < -0.3 is 15.2 Å². The summed E-state index contributed by atoms with van der Waals surface area (Å²) in [6, 6.07) is 7.89. The number of benzene rings is 1. The molecule has 1 fully saturated rings. The highest BCUT2D eigenvalue weighted by molar-refractivity contribution is 14.0.